The predicted octanol–water partition coefficient (Wildman–Crippen LogP) is 2.57. The minimum Gasteiger partial charge on any atom is -0.508 e. The summed E-state index contributed by atoms with van der Waals surface area (Å²) in [4.78, 5) is 42.5. The van der Waals surface area contributed by atoms with Gasteiger partial charge in [-0.15, -0.1) is 0 Å². The highest BCUT2D eigenvalue weighted by Gasteiger charge is 2.70. The molecule has 8 nitrogen and oxygen atoms in total. The van der Waals surface area contributed by atoms with Gasteiger partial charge in [0.15, 0.2) is 0 Å². The van der Waals surface area contributed by atoms with E-state index in [9.17, 15) is 19.5 Å². The van der Waals surface area contributed by atoms with Gasteiger partial charge in [0.2, 0.25) is 17.7 Å². The molecule has 0 unspecified atom stereocenters. The molecule has 3 aromatic carbocycles. The van der Waals surface area contributed by atoms with Gasteiger partial charge in [0.05, 0.1) is 24.6 Å². The van der Waals surface area contributed by atoms with E-state index in [1.807, 2.05) is 18.2 Å². The molecule has 8 heteroatoms. The maximum atomic E-state index is 13.9. The lowest BCUT2D eigenvalue weighted by molar-refractivity contribution is -0.130. The zero-order valence-electron chi connectivity index (χ0n) is 18.9. The molecule has 2 saturated heterocycles. The molecule has 3 N–H and O–H groups in total. The molecular weight excluding hydrogens is 446 g/mol. The van der Waals surface area contributed by atoms with E-state index < -0.39 is 29.3 Å². The molecule has 35 heavy (non-hydrogen) atoms. The van der Waals surface area contributed by atoms with Crippen molar-refractivity contribution >= 4 is 29.1 Å². The lowest BCUT2D eigenvalue weighted by Crippen LogP contribution is -2.53. The zero-order valence-corrected chi connectivity index (χ0v) is 18.9. The van der Waals surface area contributed by atoms with Crippen LogP contribution in [0.1, 0.15) is 11.1 Å². The van der Waals surface area contributed by atoms with Crippen molar-refractivity contribution < 1.29 is 24.2 Å². The van der Waals surface area contributed by atoms with Crippen LogP contribution in [-0.4, -0.2) is 36.0 Å². The third-order valence-electron chi connectivity index (χ3n) is 7.35. The van der Waals surface area contributed by atoms with Crippen molar-refractivity contribution in [2.24, 2.45) is 11.8 Å². The number of para-hydroxylation sites is 1. The molecule has 3 amide bonds. The van der Waals surface area contributed by atoms with Gasteiger partial charge in [-0.25, -0.2) is 4.90 Å². The molecule has 3 aliphatic rings. The molecular formula is C27H23N3O5. The van der Waals surface area contributed by atoms with E-state index in [1.54, 1.807) is 61.7 Å². The molecule has 0 aromatic heterocycles. The van der Waals surface area contributed by atoms with Gasteiger partial charge in [0.25, 0.3) is 0 Å². The van der Waals surface area contributed by atoms with Gasteiger partial charge in [-0.05, 0) is 54.4 Å². The van der Waals surface area contributed by atoms with E-state index in [4.69, 9.17) is 4.74 Å². The average Bonchev–Trinajstić information content (AvgIpc) is 3.45. The fraction of sp³-hybridized carbons (Fsp3) is 0.222. The molecule has 176 valence electrons. The Morgan fingerprint density at radius 1 is 0.943 bits per heavy atom. The van der Waals surface area contributed by atoms with E-state index in [1.165, 1.54) is 4.90 Å². The normalized spacial score (nSPS) is 26.7. The lowest BCUT2D eigenvalue weighted by Gasteiger charge is -2.29. The largest absolute Gasteiger partial charge is 0.508 e. The highest BCUT2D eigenvalue weighted by Crippen LogP contribution is 2.53. The summed E-state index contributed by atoms with van der Waals surface area (Å²) in [6.07, 6.45) is 0.411. The van der Waals surface area contributed by atoms with Crippen molar-refractivity contribution in [1.29, 1.82) is 0 Å². The summed E-state index contributed by atoms with van der Waals surface area (Å²) in [5.74, 6) is -1.96. The van der Waals surface area contributed by atoms with Crippen LogP contribution < -0.4 is 20.3 Å². The van der Waals surface area contributed by atoms with Gasteiger partial charge in [-0.3, -0.25) is 19.7 Å². The zero-order chi connectivity index (χ0) is 24.3. The number of phenols is 1. The Labute approximate surface area is 201 Å². The van der Waals surface area contributed by atoms with Crippen molar-refractivity contribution in [2.45, 2.75) is 18.0 Å². The van der Waals surface area contributed by atoms with Crippen LogP contribution in [0.15, 0.2) is 72.8 Å². The summed E-state index contributed by atoms with van der Waals surface area (Å²) in [6.45, 7) is 0. The number of phenolic OH excluding ortho intramolecular Hbond substituents is 1. The maximum Gasteiger partial charge on any atom is 0.250 e. The quantitative estimate of drug-likeness (QED) is 0.507. The minimum absolute atomic E-state index is 0.143. The van der Waals surface area contributed by atoms with Crippen molar-refractivity contribution in [3.63, 3.8) is 0 Å². The third-order valence-corrected chi connectivity index (χ3v) is 7.35. The van der Waals surface area contributed by atoms with Crippen molar-refractivity contribution in [2.75, 3.05) is 17.3 Å². The number of ether oxygens (including phenoxy) is 1. The average molecular weight is 469 g/mol. The van der Waals surface area contributed by atoms with Crippen molar-refractivity contribution in [3.8, 4) is 11.5 Å². The highest BCUT2D eigenvalue weighted by atomic mass is 16.5. The molecule has 0 aliphatic carbocycles. The van der Waals surface area contributed by atoms with Crippen LogP contribution in [0, 0.1) is 11.8 Å². The number of benzene rings is 3. The predicted molar refractivity (Wildman–Crippen MR) is 128 cm³/mol. The van der Waals surface area contributed by atoms with E-state index in [0.29, 0.717) is 29.1 Å². The molecule has 4 atom stereocenters. The number of hydrogen-bond acceptors (Lipinski definition) is 6. The summed E-state index contributed by atoms with van der Waals surface area (Å²) in [7, 11) is 1.55. The van der Waals surface area contributed by atoms with Crippen LogP contribution in [0.5, 0.6) is 11.5 Å². The SMILES string of the molecule is COc1ccc(N2C(=O)[C@H]3[C@H](Cc4ccc(O)cc4)N[C@]4(C(=O)Nc5ccccc54)[C@@H]3C2=O)cc1. The van der Waals surface area contributed by atoms with Crippen LogP contribution in [0.4, 0.5) is 11.4 Å². The molecule has 6 rings (SSSR count). The molecule has 3 heterocycles. The second-order valence-electron chi connectivity index (χ2n) is 9.14. The number of anilines is 2. The van der Waals surface area contributed by atoms with Crippen LogP contribution in [0.3, 0.4) is 0 Å². The Morgan fingerprint density at radius 2 is 1.66 bits per heavy atom. The van der Waals surface area contributed by atoms with Crippen LogP contribution in [0.2, 0.25) is 0 Å². The first-order valence-electron chi connectivity index (χ1n) is 11.4. The summed E-state index contributed by atoms with van der Waals surface area (Å²) in [5, 5.41) is 16.0. The monoisotopic (exact) mass is 469 g/mol. The third kappa shape index (κ3) is 2.99. The number of carbonyl (C=O) groups excluding carboxylic acids is 3. The number of fused-ring (bicyclic) bond motifs is 4. The topological polar surface area (TPSA) is 108 Å². The fourth-order valence-corrected chi connectivity index (χ4v) is 5.80. The van der Waals surface area contributed by atoms with Crippen LogP contribution in [-0.2, 0) is 26.3 Å². The van der Waals surface area contributed by atoms with Crippen LogP contribution >= 0.6 is 0 Å². The van der Waals surface area contributed by atoms with Crippen LogP contribution in [0.25, 0.3) is 0 Å². The molecule has 0 bridgehead atoms. The van der Waals surface area contributed by atoms with Crippen molar-refractivity contribution in [3.05, 3.63) is 83.9 Å². The number of rotatable bonds is 4. The highest BCUT2D eigenvalue weighted by molar-refractivity contribution is 6.25. The first-order valence-corrected chi connectivity index (χ1v) is 11.4. The second kappa shape index (κ2) is 7.68. The first kappa shape index (κ1) is 21.4. The van der Waals surface area contributed by atoms with Gasteiger partial charge in [-0.2, -0.15) is 0 Å². The molecule has 1 spiro atoms. The Hall–Kier alpha value is -4.17. The van der Waals surface area contributed by atoms with E-state index in [0.717, 1.165) is 5.56 Å². The maximum absolute atomic E-state index is 13.9. The fourth-order valence-electron chi connectivity index (χ4n) is 5.80. The summed E-state index contributed by atoms with van der Waals surface area (Å²) >= 11 is 0. The molecule has 2 fully saturated rings. The number of amides is 3. The second-order valence-corrected chi connectivity index (χ2v) is 9.14. The molecule has 3 aromatic rings. The summed E-state index contributed by atoms with van der Waals surface area (Å²) in [5.41, 5.74) is 1.28. The molecule has 0 saturated carbocycles. The van der Waals surface area contributed by atoms with Gasteiger partial charge in [0.1, 0.15) is 17.0 Å². The number of hydrogen-bond donors (Lipinski definition) is 3. The smallest absolute Gasteiger partial charge is 0.250 e. The Kier molecular flexibility index (Phi) is 4.69. The number of aromatic hydroxyl groups is 1. The number of methoxy groups -OCH3 is 1. The Morgan fingerprint density at radius 3 is 2.37 bits per heavy atom. The summed E-state index contributed by atoms with van der Waals surface area (Å²) < 4.78 is 5.21. The van der Waals surface area contributed by atoms with Gasteiger partial charge >= 0.3 is 0 Å². The van der Waals surface area contributed by atoms with E-state index in [-0.39, 0.29) is 17.6 Å². The van der Waals surface area contributed by atoms with E-state index >= 15 is 0 Å². The Balaban J connectivity index is 1.47. The van der Waals surface area contributed by atoms with Gasteiger partial charge < -0.3 is 15.2 Å². The Bertz CT molecular complexity index is 1350. The lowest BCUT2D eigenvalue weighted by atomic mass is 9.76. The first-order chi connectivity index (χ1) is 16.9. The van der Waals surface area contributed by atoms with Gasteiger partial charge in [-0.1, -0.05) is 30.3 Å². The number of imide groups is 1. The molecule has 0 radical (unpaired) electrons. The number of nitrogens with zero attached hydrogens (tertiary/aromatic N) is 1. The standard InChI is InChI=1S/C27H23N3O5/c1-35-18-12-8-16(9-13-18)30-24(32)22-21(14-15-6-10-17(31)11-7-15)29-27(23(22)25(30)33)19-4-2-3-5-20(19)28-26(27)34/h2-13,21-23,29,31H,14H2,1H3,(H,28,34)/t21-,22-,23-,27-/m0/s1. The number of nitrogens with one attached hydrogen (secondary N) is 2. The van der Waals surface area contributed by atoms with Crippen molar-refractivity contribution in [1.82, 2.24) is 5.32 Å². The minimum atomic E-state index is -1.35. The molecule has 3 aliphatic heterocycles. The number of carbonyl (C=O) groups is 3. The van der Waals surface area contributed by atoms with Gasteiger partial charge in [0, 0.05) is 17.3 Å². The summed E-state index contributed by atoms with van der Waals surface area (Å²) in [6, 6.07) is 20.3. The van der Waals surface area contributed by atoms with E-state index in [2.05, 4.69) is 10.6 Å².